The zero-order valence-electron chi connectivity index (χ0n) is 16.0. The van der Waals surface area contributed by atoms with Crippen molar-refractivity contribution in [3.05, 3.63) is 59.1 Å². The Labute approximate surface area is 175 Å². The predicted octanol–water partition coefficient (Wildman–Crippen LogP) is 4.42. The highest BCUT2D eigenvalue weighted by Gasteiger charge is 2.32. The van der Waals surface area contributed by atoms with Crippen LogP contribution in [-0.2, 0) is 19.9 Å². The van der Waals surface area contributed by atoms with Crippen molar-refractivity contribution in [2.24, 2.45) is 0 Å². The van der Waals surface area contributed by atoms with Gasteiger partial charge in [0.15, 0.2) is 0 Å². The standard InChI is InChI=1S/C19H22ClF2NO4S2/c1-3-28(24,25)12-4-5-14(2)23(19-13-16(21)8-11-18(19)22)29(26,27)17-9-6-15(20)7-10-17/h6-11,13-14H,3-5,12H2,1-2H3. The molecule has 0 bridgehead atoms. The van der Waals surface area contributed by atoms with Gasteiger partial charge in [0.25, 0.3) is 10.0 Å². The molecule has 29 heavy (non-hydrogen) atoms. The van der Waals surface area contributed by atoms with E-state index in [4.69, 9.17) is 11.6 Å². The Hall–Kier alpha value is -1.71. The zero-order valence-corrected chi connectivity index (χ0v) is 18.4. The van der Waals surface area contributed by atoms with Crippen molar-refractivity contribution < 1.29 is 25.6 Å². The van der Waals surface area contributed by atoms with Crippen LogP contribution in [-0.4, -0.2) is 34.4 Å². The van der Waals surface area contributed by atoms with Crippen LogP contribution in [0.15, 0.2) is 47.4 Å². The van der Waals surface area contributed by atoms with E-state index in [1.165, 1.54) is 38.1 Å². The summed E-state index contributed by atoms with van der Waals surface area (Å²) >= 11 is 5.82. The van der Waals surface area contributed by atoms with Crippen molar-refractivity contribution in [3.8, 4) is 0 Å². The summed E-state index contributed by atoms with van der Waals surface area (Å²) in [6.45, 7) is 3.05. The first-order valence-corrected chi connectivity index (χ1v) is 12.6. The topological polar surface area (TPSA) is 71.5 Å². The molecule has 0 aliphatic heterocycles. The molecule has 0 radical (unpaired) electrons. The highest BCUT2D eigenvalue weighted by Crippen LogP contribution is 2.31. The minimum atomic E-state index is -4.26. The van der Waals surface area contributed by atoms with E-state index in [0.717, 1.165) is 22.5 Å². The third-order valence-corrected chi connectivity index (χ3v) is 8.42. The number of rotatable bonds is 9. The molecule has 160 valence electrons. The van der Waals surface area contributed by atoms with Crippen LogP contribution in [0.5, 0.6) is 0 Å². The molecule has 0 aliphatic carbocycles. The van der Waals surface area contributed by atoms with Crippen molar-refractivity contribution in [1.82, 2.24) is 0 Å². The molecule has 0 N–H and O–H groups in total. The molecule has 0 heterocycles. The highest BCUT2D eigenvalue weighted by atomic mass is 35.5. The van der Waals surface area contributed by atoms with Gasteiger partial charge in [-0.3, -0.25) is 4.31 Å². The molecule has 0 aromatic heterocycles. The average molecular weight is 466 g/mol. The van der Waals surface area contributed by atoms with E-state index in [-0.39, 0.29) is 29.2 Å². The Kier molecular flexibility index (Phi) is 7.64. The molecule has 1 atom stereocenters. The van der Waals surface area contributed by atoms with Crippen molar-refractivity contribution in [1.29, 1.82) is 0 Å². The van der Waals surface area contributed by atoms with E-state index < -0.39 is 43.2 Å². The summed E-state index contributed by atoms with van der Waals surface area (Å²) in [5.41, 5.74) is -0.439. The van der Waals surface area contributed by atoms with Gasteiger partial charge < -0.3 is 0 Å². The van der Waals surface area contributed by atoms with Crippen LogP contribution in [0.1, 0.15) is 26.7 Å². The van der Waals surface area contributed by atoms with Gasteiger partial charge in [-0.25, -0.2) is 25.6 Å². The first-order chi connectivity index (χ1) is 13.5. The van der Waals surface area contributed by atoms with Crippen molar-refractivity contribution in [3.63, 3.8) is 0 Å². The average Bonchev–Trinajstić information content (AvgIpc) is 2.65. The Morgan fingerprint density at radius 1 is 1.03 bits per heavy atom. The zero-order chi connectivity index (χ0) is 21.8. The maximum absolute atomic E-state index is 14.5. The van der Waals surface area contributed by atoms with E-state index in [9.17, 15) is 25.6 Å². The molecule has 0 aliphatic rings. The molecule has 10 heteroatoms. The number of hydrogen-bond donors (Lipinski definition) is 0. The number of hydrogen-bond acceptors (Lipinski definition) is 4. The third kappa shape index (κ3) is 5.90. The van der Waals surface area contributed by atoms with Gasteiger partial charge in [-0.05, 0) is 56.2 Å². The minimum Gasteiger partial charge on any atom is -0.260 e. The fraction of sp³-hybridized carbons (Fsp3) is 0.368. The molecule has 0 spiro atoms. The fourth-order valence-corrected chi connectivity index (χ4v) is 5.55. The number of sulfone groups is 1. The molecular formula is C19H22ClF2NO4S2. The second-order valence-electron chi connectivity index (χ2n) is 6.58. The summed E-state index contributed by atoms with van der Waals surface area (Å²) in [6, 6.07) is 7.04. The van der Waals surface area contributed by atoms with Gasteiger partial charge in [0.05, 0.1) is 16.3 Å². The normalized spacial score (nSPS) is 13.3. The van der Waals surface area contributed by atoms with E-state index in [1.807, 2.05) is 0 Å². The molecule has 0 fully saturated rings. The Morgan fingerprint density at radius 2 is 1.66 bits per heavy atom. The van der Waals surface area contributed by atoms with Gasteiger partial charge in [0.1, 0.15) is 21.5 Å². The smallest absolute Gasteiger partial charge is 0.260 e. The highest BCUT2D eigenvalue weighted by molar-refractivity contribution is 7.93. The quantitative estimate of drug-likeness (QED) is 0.549. The van der Waals surface area contributed by atoms with Crippen LogP contribution in [0.4, 0.5) is 14.5 Å². The maximum atomic E-state index is 14.5. The summed E-state index contributed by atoms with van der Waals surface area (Å²) < 4.78 is 79.0. The SMILES string of the molecule is CCS(=O)(=O)CCCC(C)N(c1cc(F)ccc1F)S(=O)(=O)c1ccc(Cl)cc1. The van der Waals surface area contributed by atoms with Crippen molar-refractivity contribution in [2.45, 2.75) is 37.6 Å². The van der Waals surface area contributed by atoms with E-state index in [1.54, 1.807) is 0 Å². The predicted molar refractivity (Wildman–Crippen MR) is 110 cm³/mol. The van der Waals surface area contributed by atoms with Gasteiger partial charge in [-0.15, -0.1) is 0 Å². The summed E-state index contributed by atoms with van der Waals surface area (Å²) in [6.07, 6.45) is 0.322. The van der Waals surface area contributed by atoms with Crippen LogP contribution in [0.3, 0.4) is 0 Å². The lowest BCUT2D eigenvalue weighted by atomic mass is 10.2. The number of anilines is 1. The van der Waals surface area contributed by atoms with Gasteiger partial charge >= 0.3 is 0 Å². The second kappa shape index (κ2) is 9.40. The summed E-state index contributed by atoms with van der Waals surface area (Å²) in [5, 5.41) is 0.324. The molecular weight excluding hydrogens is 444 g/mol. The second-order valence-corrected chi connectivity index (χ2v) is 11.3. The Balaban J connectivity index is 2.46. The number of nitrogens with zero attached hydrogens (tertiary/aromatic N) is 1. The van der Waals surface area contributed by atoms with Crippen LogP contribution < -0.4 is 4.31 Å². The Morgan fingerprint density at radius 3 is 2.24 bits per heavy atom. The van der Waals surface area contributed by atoms with Gasteiger partial charge in [0.2, 0.25) is 0 Å². The minimum absolute atomic E-state index is 0.0211. The summed E-state index contributed by atoms with van der Waals surface area (Å²) in [5.74, 6) is -1.84. The molecule has 1 unspecified atom stereocenters. The molecule has 2 aromatic carbocycles. The van der Waals surface area contributed by atoms with Crippen molar-refractivity contribution >= 4 is 37.1 Å². The first-order valence-electron chi connectivity index (χ1n) is 8.93. The van der Waals surface area contributed by atoms with Crippen LogP contribution in [0, 0.1) is 11.6 Å². The molecule has 0 amide bonds. The lowest BCUT2D eigenvalue weighted by molar-refractivity contribution is 0.553. The van der Waals surface area contributed by atoms with Gasteiger partial charge in [0, 0.05) is 22.9 Å². The molecule has 5 nitrogen and oxygen atoms in total. The lowest BCUT2D eigenvalue weighted by Gasteiger charge is -2.31. The molecule has 2 rings (SSSR count). The molecule has 0 saturated heterocycles. The van der Waals surface area contributed by atoms with Crippen LogP contribution in [0.25, 0.3) is 0 Å². The Bertz CT molecular complexity index is 1060. The van der Waals surface area contributed by atoms with Crippen LogP contribution >= 0.6 is 11.6 Å². The van der Waals surface area contributed by atoms with Gasteiger partial charge in [-0.1, -0.05) is 18.5 Å². The van der Waals surface area contributed by atoms with Gasteiger partial charge in [-0.2, -0.15) is 0 Å². The lowest BCUT2D eigenvalue weighted by Crippen LogP contribution is -2.39. The summed E-state index contributed by atoms with van der Waals surface area (Å²) in [4.78, 5) is -0.140. The number of sulfonamides is 1. The third-order valence-electron chi connectivity index (χ3n) is 4.43. The monoisotopic (exact) mass is 465 g/mol. The number of benzene rings is 2. The van der Waals surface area contributed by atoms with E-state index >= 15 is 0 Å². The van der Waals surface area contributed by atoms with Crippen LogP contribution in [0.2, 0.25) is 5.02 Å². The van der Waals surface area contributed by atoms with Crippen molar-refractivity contribution in [2.75, 3.05) is 15.8 Å². The maximum Gasteiger partial charge on any atom is 0.264 e. The first kappa shape index (κ1) is 23.6. The molecule has 2 aromatic rings. The molecule has 0 saturated carbocycles. The number of halogens is 3. The van der Waals surface area contributed by atoms with E-state index in [0.29, 0.717) is 5.02 Å². The summed E-state index contributed by atoms with van der Waals surface area (Å²) in [7, 11) is -7.49. The fourth-order valence-electron chi connectivity index (χ4n) is 2.84. The largest absolute Gasteiger partial charge is 0.264 e. The van der Waals surface area contributed by atoms with E-state index in [2.05, 4.69) is 0 Å².